The van der Waals surface area contributed by atoms with Gasteiger partial charge in [0, 0.05) is 11.6 Å². The van der Waals surface area contributed by atoms with E-state index in [1.54, 1.807) is 48.5 Å². The van der Waals surface area contributed by atoms with Crippen molar-refractivity contribution in [2.75, 3.05) is 7.11 Å². The van der Waals surface area contributed by atoms with Crippen molar-refractivity contribution in [2.45, 2.75) is 6.92 Å². The summed E-state index contributed by atoms with van der Waals surface area (Å²) in [4.78, 5) is 34.7. The molecule has 0 amide bonds. The Morgan fingerprint density at radius 1 is 0.686 bits per heavy atom. The van der Waals surface area contributed by atoms with Gasteiger partial charge in [0.25, 0.3) is 0 Å². The molecule has 4 aromatic rings. The number of carbonyl (C=O) groups is 2. The lowest BCUT2D eigenvalue weighted by molar-refractivity contribution is -0.102. The second kappa shape index (κ2) is 10.8. The zero-order chi connectivity index (χ0) is 24.8. The van der Waals surface area contributed by atoms with Crippen LogP contribution >= 0.6 is 11.6 Å². The summed E-state index contributed by atoms with van der Waals surface area (Å²) >= 11 is 6.28. The lowest BCUT2D eigenvalue weighted by atomic mass is 10.0. The summed E-state index contributed by atoms with van der Waals surface area (Å²) in [5.41, 5.74) is 2.86. The van der Waals surface area contributed by atoms with E-state index in [9.17, 15) is 9.59 Å². The maximum atomic E-state index is 12.6. The first-order valence-corrected chi connectivity index (χ1v) is 11.0. The molecule has 0 N–H and O–H groups in total. The van der Waals surface area contributed by atoms with Crippen molar-refractivity contribution in [2.24, 2.45) is 0 Å². The molecule has 0 saturated heterocycles. The second-order valence-electron chi connectivity index (χ2n) is 7.51. The van der Waals surface area contributed by atoms with Gasteiger partial charge in [0.15, 0.2) is 17.3 Å². The fraction of sp³-hybridized carbons (Fsp3) is 0.0714. The van der Waals surface area contributed by atoms with Crippen LogP contribution in [0.2, 0.25) is 5.02 Å². The van der Waals surface area contributed by atoms with Crippen LogP contribution in [0.5, 0.6) is 23.0 Å². The molecule has 4 rings (SSSR count). The van der Waals surface area contributed by atoms with Gasteiger partial charge in [-0.1, -0.05) is 60.1 Å². The van der Waals surface area contributed by atoms with E-state index >= 15 is 0 Å². The zero-order valence-corrected chi connectivity index (χ0v) is 19.7. The molecule has 0 aliphatic heterocycles. The Balaban J connectivity index is 1.39. The minimum atomic E-state index is -0.552. The number of carbonyl (C=O) groups excluding carboxylic acids is 2. The Morgan fingerprint density at radius 3 is 1.86 bits per heavy atom. The van der Waals surface area contributed by atoms with Crippen LogP contribution in [0, 0.1) is 0 Å². The number of ketones is 1. The van der Waals surface area contributed by atoms with Gasteiger partial charge in [0.1, 0.15) is 5.75 Å². The van der Waals surface area contributed by atoms with Crippen molar-refractivity contribution >= 4 is 23.4 Å². The van der Waals surface area contributed by atoms with Crippen LogP contribution in [0.15, 0.2) is 91.0 Å². The molecule has 4 aromatic carbocycles. The number of ether oxygens (including phenoxy) is 2. The zero-order valence-electron chi connectivity index (χ0n) is 19.0. The highest BCUT2D eigenvalue weighted by molar-refractivity contribution is 6.32. The van der Waals surface area contributed by atoms with Gasteiger partial charge in [-0.25, -0.2) is 4.79 Å². The Hall–Kier alpha value is -4.29. The molecule has 0 saturated carbocycles. The fourth-order valence-electron chi connectivity index (χ4n) is 3.25. The first-order chi connectivity index (χ1) is 16.9. The maximum Gasteiger partial charge on any atom is 0.343 e. The summed E-state index contributed by atoms with van der Waals surface area (Å²) in [6.45, 7) is 1.53. The SMILES string of the molecule is COc1ccccc1OOc1ccc(OC(=O)c2ccc(-c3ccc(C(C)=O)cc3)cc2)c(Cl)c1. The predicted octanol–water partition coefficient (Wildman–Crippen LogP) is 6.81. The quantitative estimate of drug-likeness (QED) is 0.0891. The number of hydrogen-bond acceptors (Lipinski definition) is 6. The number of halogens is 1. The lowest BCUT2D eigenvalue weighted by Gasteiger charge is -2.11. The van der Waals surface area contributed by atoms with Crippen molar-refractivity contribution in [3.05, 3.63) is 107 Å². The molecular formula is C28H21ClO6. The van der Waals surface area contributed by atoms with Crippen LogP contribution in [0.1, 0.15) is 27.6 Å². The number of para-hydroxylation sites is 2. The standard InChI is InChI=1S/C28H21ClO6/c1-18(30)19-7-9-20(10-8-19)21-11-13-22(14-12-21)28(31)33-25-16-15-23(17-24(25)29)34-35-27-6-4-3-5-26(27)32-2/h3-17H,1-2H3. The summed E-state index contributed by atoms with van der Waals surface area (Å²) in [5.74, 6) is 0.885. The van der Waals surface area contributed by atoms with Crippen molar-refractivity contribution in [1.82, 2.24) is 0 Å². The van der Waals surface area contributed by atoms with Crippen LogP contribution in [0.4, 0.5) is 0 Å². The third-order valence-electron chi connectivity index (χ3n) is 5.15. The number of benzene rings is 4. The van der Waals surface area contributed by atoms with Gasteiger partial charge < -0.3 is 9.47 Å². The van der Waals surface area contributed by atoms with E-state index in [0.29, 0.717) is 28.4 Å². The van der Waals surface area contributed by atoms with E-state index in [1.165, 1.54) is 26.2 Å². The Bertz CT molecular complexity index is 1350. The third kappa shape index (κ3) is 5.80. The molecule has 35 heavy (non-hydrogen) atoms. The van der Waals surface area contributed by atoms with E-state index in [-0.39, 0.29) is 16.6 Å². The third-order valence-corrected chi connectivity index (χ3v) is 5.44. The molecule has 0 unspecified atom stereocenters. The molecule has 0 aliphatic carbocycles. The van der Waals surface area contributed by atoms with E-state index in [2.05, 4.69) is 0 Å². The van der Waals surface area contributed by atoms with Crippen molar-refractivity contribution < 1.29 is 28.8 Å². The summed E-state index contributed by atoms with van der Waals surface area (Å²) in [6, 6.07) is 25.8. The van der Waals surface area contributed by atoms with Crippen LogP contribution < -0.4 is 19.2 Å². The van der Waals surface area contributed by atoms with Crippen LogP contribution in [0.25, 0.3) is 11.1 Å². The van der Waals surface area contributed by atoms with Gasteiger partial charge in [0.05, 0.1) is 17.7 Å². The van der Waals surface area contributed by atoms with Crippen LogP contribution in [-0.4, -0.2) is 18.9 Å². The van der Waals surface area contributed by atoms with Crippen molar-refractivity contribution in [3.63, 3.8) is 0 Å². The average Bonchev–Trinajstić information content (AvgIpc) is 2.89. The largest absolute Gasteiger partial charge is 0.493 e. The Labute approximate surface area is 207 Å². The minimum absolute atomic E-state index is 0.0110. The van der Waals surface area contributed by atoms with E-state index in [1.807, 2.05) is 30.3 Å². The molecule has 0 aromatic heterocycles. The normalized spacial score (nSPS) is 10.4. The molecule has 0 radical (unpaired) electrons. The highest BCUT2D eigenvalue weighted by Gasteiger charge is 2.13. The molecule has 176 valence electrons. The number of esters is 1. The maximum absolute atomic E-state index is 12.6. The molecule has 0 bridgehead atoms. The average molecular weight is 489 g/mol. The molecule has 0 atom stereocenters. The smallest absolute Gasteiger partial charge is 0.343 e. The highest BCUT2D eigenvalue weighted by atomic mass is 35.5. The number of rotatable bonds is 8. The summed E-state index contributed by atoms with van der Waals surface area (Å²) < 4.78 is 10.7. The van der Waals surface area contributed by atoms with E-state index in [4.69, 9.17) is 30.8 Å². The lowest BCUT2D eigenvalue weighted by Crippen LogP contribution is -2.09. The van der Waals surface area contributed by atoms with Crippen molar-refractivity contribution in [3.8, 4) is 34.1 Å². The van der Waals surface area contributed by atoms with E-state index in [0.717, 1.165) is 11.1 Å². The molecule has 0 heterocycles. The van der Waals surface area contributed by atoms with Gasteiger partial charge in [-0.3, -0.25) is 14.6 Å². The molecular weight excluding hydrogens is 468 g/mol. The van der Waals surface area contributed by atoms with Gasteiger partial charge in [-0.2, -0.15) is 0 Å². The van der Waals surface area contributed by atoms with Gasteiger partial charge in [-0.15, -0.1) is 0 Å². The molecule has 0 fully saturated rings. The number of hydrogen-bond donors (Lipinski definition) is 0. The molecule has 0 spiro atoms. The molecule has 0 aliphatic rings. The molecule has 7 heteroatoms. The van der Waals surface area contributed by atoms with Gasteiger partial charge >= 0.3 is 5.97 Å². The summed E-state index contributed by atoms with van der Waals surface area (Å²) in [6.07, 6.45) is 0. The number of methoxy groups -OCH3 is 1. The minimum Gasteiger partial charge on any atom is -0.493 e. The van der Waals surface area contributed by atoms with Gasteiger partial charge in [-0.05, 0) is 54.4 Å². The first-order valence-electron chi connectivity index (χ1n) is 10.7. The van der Waals surface area contributed by atoms with Crippen LogP contribution in [0.3, 0.4) is 0 Å². The Kier molecular flexibility index (Phi) is 7.33. The number of Topliss-reactive ketones (excluding diaryl/α,β-unsaturated/α-hetero) is 1. The second-order valence-corrected chi connectivity index (χ2v) is 7.92. The summed E-state index contributed by atoms with van der Waals surface area (Å²) in [7, 11) is 1.53. The summed E-state index contributed by atoms with van der Waals surface area (Å²) in [5, 5.41) is 0.182. The highest BCUT2D eigenvalue weighted by Crippen LogP contribution is 2.31. The van der Waals surface area contributed by atoms with Crippen molar-refractivity contribution in [1.29, 1.82) is 0 Å². The van der Waals surface area contributed by atoms with Crippen LogP contribution in [-0.2, 0) is 0 Å². The topological polar surface area (TPSA) is 71.1 Å². The molecule has 6 nitrogen and oxygen atoms in total. The Morgan fingerprint density at radius 2 is 1.29 bits per heavy atom. The first kappa shape index (κ1) is 23.9. The van der Waals surface area contributed by atoms with E-state index < -0.39 is 5.97 Å². The van der Waals surface area contributed by atoms with Gasteiger partial charge in [0.2, 0.25) is 5.75 Å². The fourth-order valence-corrected chi connectivity index (χ4v) is 3.46. The monoisotopic (exact) mass is 488 g/mol. The predicted molar refractivity (Wildman–Crippen MR) is 133 cm³/mol.